The van der Waals surface area contributed by atoms with Gasteiger partial charge in [0.2, 0.25) is 0 Å². The smallest absolute Gasteiger partial charge is 0.420 e. The van der Waals surface area contributed by atoms with E-state index in [4.69, 9.17) is 9.47 Å². The number of carbonyl (C=O) groups is 2. The third-order valence-corrected chi connectivity index (χ3v) is 3.70. The number of ether oxygens (including phenoxy) is 2. The topological polar surface area (TPSA) is 55.8 Å². The number of benzene rings is 1. The fraction of sp³-hybridized carbons (Fsp3) is 0.565. The first-order chi connectivity index (χ1) is 12.9. The summed E-state index contributed by atoms with van der Waals surface area (Å²) in [4.78, 5) is 26.0. The summed E-state index contributed by atoms with van der Waals surface area (Å²) in [5, 5.41) is 0. The van der Waals surface area contributed by atoms with Crippen LogP contribution >= 0.6 is 0 Å². The van der Waals surface area contributed by atoms with E-state index in [1.54, 1.807) is 41.5 Å². The zero-order chi connectivity index (χ0) is 21.4. The summed E-state index contributed by atoms with van der Waals surface area (Å²) in [7, 11) is 0. The summed E-state index contributed by atoms with van der Waals surface area (Å²) in [5.74, 6) is 0. The molecule has 0 unspecified atom stereocenters. The van der Waals surface area contributed by atoms with Crippen molar-refractivity contribution in [3.05, 3.63) is 48.0 Å². The van der Waals surface area contributed by atoms with E-state index in [2.05, 4.69) is 18.7 Å². The maximum atomic E-state index is 12.5. The van der Waals surface area contributed by atoms with Crippen LogP contribution in [-0.2, 0) is 15.9 Å². The predicted octanol–water partition coefficient (Wildman–Crippen LogP) is 6.13. The van der Waals surface area contributed by atoms with Crippen molar-refractivity contribution in [2.45, 2.75) is 78.4 Å². The minimum atomic E-state index is -0.716. The Hall–Kier alpha value is -2.30. The van der Waals surface area contributed by atoms with Crippen LogP contribution in [0.4, 0.5) is 9.59 Å². The molecule has 28 heavy (non-hydrogen) atoms. The fourth-order valence-corrected chi connectivity index (χ4v) is 2.49. The monoisotopic (exact) mass is 389 g/mol. The molecule has 0 fully saturated rings. The molecule has 0 bridgehead atoms. The number of aryl methyl sites for hydroxylation is 1. The summed E-state index contributed by atoms with van der Waals surface area (Å²) >= 11 is 0. The summed E-state index contributed by atoms with van der Waals surface area (Å²) in [6, 6.07) is 10.3. The van der Waals surface area contributed by atoms with Crippen molar-refractivity contribution in [2.75, 3.05) is 6.54 Å². The maximum absolute atomic E-state index is 12.5. The predicted molar refractivity (Wildman–Crippen MR) is 112 cm³/mol. The molecular formula is C23H35NO4. The van der Waals surface area contributed by atoms with Gasteiger partial charge in [-0.3, -0.25) is 0 Å². The van der Waals surface area contributed by atoms with Crippen molar-refractivity contribution in [1.82, 2.24) is 4.90 Å². The van der Waals surface area contributed by atoms with Crippen molar-refractivity contribution < 1.29 is 19.1 Å². The number of carbonyl (C=O) groups excluding carboxylic acids is 2. The van der Waals surface area contributed by atoms with E-state index in [-0.39, 0.29) is 6.54 Å². The van der Waals surface area contributed by atoms with Gasteiger partial charge in [0.1, 0.15) is 11.2 Å². The van der Waals surface area contributed by atoms with Crippen molar-refractivity contribution in [3.63, 3.8) is 0 Å². The quantitative estimate of drug-likeness (QED) is 0.416. The minimum Gasteiger partial charge on any atom is -0.443 e. The number of unbranched alkanes of at least 4 members (excludes halogenated alkanes) is 1. The summed E-state index contributed by atoms with van der Waals surface area (Å²) in [6.07, 6.45) is 2.25. The molecule has 1 aromatic rings. The second-order valence-electron chi connectivity index (χ2n) is 8.99. The van der Waals surface area contributed by atoms with Gasteiger partial charge in [-0.2, -0.15) is 0 Å². The van der Waals surface area contributed by atoms with E-state index in [1.807, 2.05) is 18.2 Å². The lowest BCUT2D eigenvalue weighted by Gasteiger charge is -2.29. The highest BCUT2D eigenvalue weighted by Crippen LogP contribution is 2.17. The van der Waals surface area contributed by atoms with E-state index < -0.39 is 23.4 Å². The van der Waals surface area contributed by atoms with Crippen molar-refractivity contribution in [1.29, 1.82) is 0 Å². The molecule has 1 rings (SSSR count). The highest BCUT2D eigenvalue weighted by Gasteiger charge is 2.31. The molecule has 0 aliphatic rings. The van der Waals surface area contributed by atoms with Gasteiger partial charge >= 0.3 is 12.2 Å². The minimum absolute atomic E-state index is 0.0924. The Morgan fingerprint density at radius 2 is 1.39 bits per heavy atom. The Morgan fingerprint density at radius 1 is 0.893 bits per heavy atom. The van der Waals surface area contributed by atoms with Crippen LogP contribution in [-0.4, -0.2) is 34.8 Å². The van der Waals surface area contributed by atoms with E-state index in [9.17, 15) is 9.59 Å². The lowest BCUT2D eigenvalue weighted by molar-refractivity contribution is 0.00312. The van der Waals surface area contributed by atoms with Crippen molar-refractivity contribution in [2.24, 2.45) is 0 Å². The molecule has 0 saturated carbocycles. The third-order valence-electron chi connectivity index (χ3n) is 3.70. The summed E-state index contributed by atoms with van der Waals surface area (Å²) in [5.41, 5.74) is 0.699. The van der Waals surface area contributed by atoms with Crippen molar-refractivity contribution in [3.8, 4) is 0 Å². The Morgan fingerprint density at radius 3 is 1.86 bits per heavy atom. The highest BCUT2D eigenvalue weighted by atomic mass is 16.6. The molecule has 0 spiro atoms. The molecule has 5 nitrogen and oxygen atoms in total. The zero-order valence-corrected chi connectivity index (χ0v) is 18.2. The molecule has 2 amide bonds. The van der Waals surface area contributed by atoms with E-state index in [1.165, 1.54) is 5.56 Å². The number of hydrogen-bond acceptors (Lipinski definition) is 4. The number of amides is 2. The number of nitrogens with zero attached hydrogens (tertiary/aromatic N) is 1. The highest BCUT2D eigenvalue weighted by molar-refractivity contribution is 5.88. The van der Waals surface area contributed by atoms with Crippen LogP contribution < -0.4 is 0 Å². The molecule has 0 aliphatic heterocycles. The van der Waals surface area contributed by atoms with Gasteiger partial charge in [0.05, 0.1) is 6.54 Å². The Balaban J connectivity index is 2.61. The summed E-state index contributed by atoms with van der Waals surface area (Å²) in [6.45, 7) is 14.7. The molecule has 5 heteroatoms. The number of rotatable bonds is 7. The van der Waals surface area contributed by atoms with E-state index in [0.29, 0.717) is 0 Å². The SMILES string of the molecule is C=C(CCCCc1ccccc1)CN(C(=O)OC(C)(C)C)C(=O)OC(C)(C)C. The maximum Gasteiger partial charge on any atom is 0.420 e. The lowest BCUT2D eigenvalue weighted by Crippen LogP contribution is -2.44. The first-order valence-corrected chi connectivity index (χ1v) is 9.81. The van der Waals surface area contributed by atoms with Crippen LogP contribution in [0.2, 0.25) is 0 Å². The van der Waals surface area contributed by atoms with Gasteiger partial charge in [0, 0.05) is 0 Å². The largest absolute Gasteiger partial charge is 0.443 e. The molecule has 0 N–H and O–H groups in total. The van der Waals surface area contributed by atoms with Crippen molar-refractivity contribution >= 4 is 12.2 Å². The lowest BCUT2D eigenvalue weighted by atomic mass is 10.0. The number of hydrogen-bond donors (Lipinski definition) is 0. The van der Waals surface area contributed by atoms with E-state index >= 15 is 0 Å². The average Bonchev–Trinajstić information content (AvgIpc) is 2.54. The van der Waals surface area contributed by atoms with Gasteiger partial charge in [-0.1, -0.05) is 42.5 Å². The molecule has 0 aliphatic carbocycles. The Kier molecular flexibility index (Phi) is 8.73. The van der Waals surface area contributed by atoms with Crippen LogP contribution in [0.5, 0.6) is 0 Å². The van der Waals surface area contributed by atoms with Gasteiger partial charge in [-0.25, -0.2) is 14.5 Å². The van der Waals surface area contributed by atoms with E-state index in [0.717, 1.165) is 36.2 Å². The Bertz CT molecular complexity index is 625. The second kappa shape index (κ2) is 10.3. The van der Waals surface area contributed by atoms with Crippen LogP contribution in [0.25, 0.3) is 0 Å². The van der Waals surface area contributed by atoms with Crippen LogP contribution in [0.15, 0.2) is 42.5 Å². The first kappa shape index (κ1) is 23.7. The normalized spacial score (nSPS) is 11.6. The fourth-order valence-electron chi connectivity index (χ4n) is 2.49. The van der Waals surface area contributed by atoms with Gasteiger partial charge in [0.25, 0.3) is 0 Å². The average molecular weight is 390 g/mol. The van der Waals surface area contributed by atoms with Gasteiger partial charge in [0.15, 0.2) is 0 Å². The molecule has 0 aromatic heterocycles. The molecule has 0 heterocycles. The molecular weight excluding hydrogens is 354 g/mol. The number of imide groups is 1. The molecule has 1 aromatic carbocycles. The zero-order valence-electron chi connectivity index (χ0n) is 18.2. The molecule has 0 atom stereocenters. The van der Waals surface area contributed by atoms with Gasteiger partial charge in [-0.15, -0.1) is 0 Å². The standard InChI is InChI=1S/C23H35NO4/c1-18(13-11-12-16-19-14-9-8-10-15-19)17-24(20(25)27-22(2,3)4)21(26)28-23(5,6)7/h8-10,14-15H,1,11-13,16-17H2,2-7H3. The van der Waals surface area contributed by atoms with Gasteiger partial charge < -0.3 is 9.47 Å². The Labute approximate surface area is 169 Å². The second-order valence-corrected chi connectivity index (χ2v) is 8.99. The molecule has 0 saturated heterocycles. The molecule has 156 valence electrons. The van der Waals surface area contributed by atoms with Gasteiger partial charge in [-0.05, 0) is 72.8 Å². The van der Waals surface area contributed by atoms with Crippen LogP contribution in [0.3, 0.4) is 0 Å². The first-order valence-electron chi connectivity index (χ1n) is 9.81. The van der Waals surface area contributed by atoms with Crippen LogP contribution in [0.1, 0.15) is 66.4 Å². The van der Waals surface area contributed by atoms with Crippen LogP contribution in [0, 0.1) is 0 Å². The molecule has 0 radical (unpaired) electrons. The summed E-state index contributed by atoms with van der Waals surface area (Å²) < 4.78 is 10.7. The third kappa shape index (κ3) is 10.1.